The maximum absolute atomic E-state index is 12.2. The number of hydrogen-bond donors (Lipinski definition) is 1. The predicted molar refractivity (Wildman–Crippen MR) is 88.5 cm³/mol. The molecule has 1 fully saturated rings. The Morgan fingerprint density at radius 1 is 1.35 bits per heavy atom. The van der Waals surface area contributed by atoms with Crippen molar-refractivity contribution in [2.24, 2.45) is 5.92 Å². The second-order valence-corrected chi connectivity index (χ2v) is 6.18. The van der Waals surface area contributed by atoms with E-state index in [-0.39, 0.29) is 5.91 Å². The number of carbonyl (C=O) groups excluding carboxylic acids is 1. The molecule has 3 rings (SSSR count). The lowest BCUT2D eigenvalue weighted by Crippen LogP contribution is -2.34. The predicted octanol–water partition coefficient (Wildman–Crippen LogP) is 1.73. The zero-order valence-corrected chi connectivity index (χ0v) is 13.5. The maximum atomic E-state index is 12.2. The van der Waals surface area contributed by atoms with E-state index in [4.69, 9.17) is 0 Å². The van der Waals surface area contributed by atoms with E-state index >= 15 is 0 Å². The van der Waals surface area contributed by atoms with Crippen LogP contribution in [0.25, 0.3) is 5.82 Å². The molecule has 1 aliphatic rings. The van der Waals surface area contributed by atoms with Gasteiger partial charge in [-0.2, -0.15) is 5.10 Å². The number of hydrogen-bond acceptors (Lipinski definition) is 4. The van der Waals surface area contributed by atoms with E-state index in [9.17, 15) is 4.79 Å². The van der Waals surface area contributed by atoms with Crippen molar-refractivity contribution in [1.82, 2.24) is 25.0 Å². The van der Waals surface area contributed by atoms with Crippen LogP contribution in [0.5, 0.6) is 0 Å². The number of pyridine rings is 1. The lowest BCUT2D eigenvalue weighted by molar-refractivity contribution is 0.0944. The number of aromatic nitrogens is 3. The molecule has 6 nitrogen and oxygen atoms in total. The molecule has 23 heavy (non-hydrogen) atoms. The Morgan fingerprint density at radius 2 is 2.17 bits per heavy atom. The maximum Gasteiger partial charge on any atom is 0.252 e. The molecule has 0 aliphatic carbocycles. The van der Waals surface area contributed by atoms with Gasteiger partial charge in [0.25, 0.3) is 5.91 Å². The fourth-order valence-electron chi connectivity index (χ4n) is 2.90. The van der Waals surface area contributed by atoms with Crippen LogP contribution in [-0.4, -0.2) is 51.8 Å². The summed E-state index contributed by atoms with van der Waals surface area (Å²) in [5.74, 6) is 1.08. The summed E-state index contributed by atoms with van der Waals surface area (Å²) in [6.45, 7) is 6.30. The summed E-state index contributed by atoms with van der Waals surface area (Å²) in [5.41, 5.74) is 0.578. The minimum absolute atomic E-state index is 0.0715. The molecule has 3 heterocycles. The van der Waals surface area contributed by atoms with Crippen LogP contribution in [-0.2, 0) is 0 Å². The van der Waals surface area contributed by atoms with Crippen LogP contribution in [0, 0.1) is 5.92 Å². The van der Waals surface area contributed by atoms with E-state index in [2.05, 4.69) is 27.2 Å². The molecule has 122 valence electrons. The van der Waals surface area contributed by atoms with Crippen molar-refractivity contribution in [3.05, 3.63) is 42.4 Å². The highest BCUT2D eigenvalue weighted by molar-refractivity contribution is 5.93. The molecular formula is C17H23N5O. The molecule has 2 aromatic heterocycles. The Hall–Kier alpha value is -2.21. The Balaban J connectivity index is 1.49. The number of likely N-dealkylation sites (tertiary alicyclic amines) is 1. The average molecular weight is 313 g/mol. The van der Waals surface area contributed by atoms with Crippen molar-refractivity contribution in [3.63, 3.8) is 0 Å². The van der Waals surface area contributed by atoms with Gasteiger partial charge < -0.3 is 10.2 Å². The van der Waals surface area contributed by atoms with Crippen molar-refractivity contribution >= 4 is 5.91 Å². The van der Waals surface area contributed by atoms with E-state index in [0.717, 1.165) is 6.54 Å². The summed E-state index contributed by atoms with van der Waals surface area (Å²) >= 11 is 0. The quantitative estimate of drug-likeness (QED) is 0.882. The first-order valence-corrected chi connectivity index (χ1v) is 8.19. The number of nitrogens with zero attached hydrogens (tertiary/aromatic N) is 4. The zero-order valence-electron chi connectivity index (χ0n) is 13.5. The third-order valence-corrected chi connectivity index (χ3v) is 4.13. The molecule has 1 atom stereocenters. The summed E-state index contributed by atoms with van der Waals surface area (Å²) < 4.78 is 1.67. The Bertz CT molecular complexity index is 617. The van der Waals surface area contributed by atoms with Gasteiger partial charge in [-0.3, -0.25) is 4.79 Å². The first-order valence-electron chi connectivity index (χ1n) is 8.19. The van der Waals surface area contributed by atoms with E-state index < -0.39 is 0 Å². The van der Waals surface area contributed by atoms with Crippen molar-refractivity contribution in [2.45, 2.75) is 19.8 Å². The third kappa shape index (κ3) is 4.16. The standard InChI is InChI=1S/C17H23N5O/c1-14(13-21-8-2-3-9-21)11-19-17(23)15-5-6-16(18-12-15)22-10-4-7-20-22/h4-7,10,12,14H,2-3,8-9,11,13H2,1H3,(H,19,23). The fourth-order valence-corrected chi connectivity index (χ4v) is 2.90. The molecule has 6 heteroatoms. The highest BCUT2D eigenvalue weighted by atomic mass is 16.1. The van der Waals surface area contributed by atoms with Gasteiger partial charge in [0.2, 0.25) is 0 Å². The van der Waals surface area contributed by atoms with Gasteiger partial charge in [-0.25, -0.2) is 9.67 Å². The van der Waals surface area contributed by atoms with Crippen molar-refractivity contribution in [1.29, 1.82) is 0 Å². The van der Waals surface area contributed by atoms with Crippen LogP contribution >= 0.6 is 0 Å². The van der Waals surface area contributed by atoms with Crippen LogP contribution in [0.1, 0.15) is 30.1 Å². The Morgan fingerprint density at radius 3 is 2.83 bits per heavy atom. The topological polar surface area (TPSA) is 63.1 Å². The number of carbonyl (C=O) groups is 1. The Kier molecular flexibility index (Phi) is 5.02. The third-order valence-electron chi connectivity index (χ3n) is 4.13. The lowest BCUT2D eigenvalue weighted by Gasteiger charge is -2.20. The minimum Gasteiger partial charge on any atom is -0.352 e. The SMILES string of the molecule is CC(CNC(=O)c1ccc(-n2cccn2)nc1)CN1CCCC1. The summed E-state index contributed by atoms with van der Waals surface area (Å²) in [6.07, 6.45) is 7.71. The van der Waals surface area contributed by atoms with Crippen LogP contribution in [0.3, 0.4) is 0 Å². The lowest BCUT2D eigenvalue weighted by atomic mass is 10.1. The van der Waals surface area contributed by atoms with Crippen molar-refractivity contribution in [2.75, 3.05) is 26.2 Å². The minimum atomic E-state index is -0.0715. The molecule has 0 radical (unpaired) electrons. The fraction of sp³-hybridized carbons (Fsp3) is 0.471. The van der Waals surface area contributed by atoms with Crippen LogP contribution in [0.2, 0.25) is 0 Å². The first kappa shape index (κ1) is 15.7. The molecule has 1 aliphatic heterocycles. The Labute approximate surface area is 136 Å². The highest BCUT2D eigenvalue weighted by Crippen LogP contribution is 2.10. The van der Waals surface area contributed by atoms with Crippen LogP contribution in [0.4, 0.5) is 0 Å². The van der Waals surface area contributed by atoms with Gasteiger partial charge in [-0.05, 0) is 50.0 Å². The molecule has 0 bridgehead atoms. The zero-order chi connectivity index (χ0) is 16.1. The monoisotopic (exact) mass is 313 g/mol. The van der Waals surface area contributed by atoms with Gasteiger partial charge in [0.05, 0.1) is 5.56 Å². The molecule has 1 unspecified atom stereocenters. The number of amides is 1. The summed E-state index contributed by atoms with van der Waals surface area (Å²) in [4.78, 5) is 19.0. The van der Waals surface area contributed by atoms with Gasteiger partial charge in [0.1, 0.15) is 0 Å². The smallest absolute Gasteiger partial charge is 0.252 e. The summed E-state index contributed by atoms with van der Waals surface area (Å²) in [5, 5.41) is 7.12. The second-order valence-electron chi connectivity index (χ2n) is 6.18. The van der Waals surface area contributed by atoms with Crippen LogP contribution in [0.15, 0.2) is 36.8 Å². The summed E-state index contributed by atoms with van der Waals surface area (Å²) in [6, 6.07) is 5.42. The molecule has 0 saturated carbocycles. The molecule has 1 saturated heterocycles. The van der Waals surface area contributed by atoms with E-state index in [0.29, 0.717) is 23.8 Å². The van der Waals surface area contributed by atoms with Crippen molar-refractivity contribution in [3.8, 4) is 5.82 Å². The second kappa shape index (κ2) is 7.37. The van der Waals surface area contributed by atoms with Gasteiger partial charge in [-0.15, -0.1) is 0 Å². The van der Waals surface area contributed by atoms with E-state index in [1.165, 1.54) is 25.9 Å². The van der Waals surface area contributed by atoms with E-state index in [1.807, 2.05) is 12.3 Å². The largest absolute Gasteiger partial charge is 0.352 e. The molecule has 1 N–H and O–H groups in total. The van der Waals surface area contributed by atoms with Crippen LogP contribution < -0.4 is 5.32 Å². The average Bonchev–Trinajstić information content (AvgIpc) is 3.26. The summed E-state index contributed by atoms with van der Waals surface area (Å²) in [7, 11) is 0. The highest BCUT2D eigenvalue weighted by Gasteiger charge is 2.15. The molecule has 0 aromatic carbocycles. The molecule has 0 spiro atoms. The van der Waals surface area contributed by atoms with Gasteiger partial charge in [-0.1, -0.05) is 6.92 Å². The van der Waals surface area contributed by atoms with Crippen molar-refractivity contribution < 1.29 is 4.79 Å². The normalized spacial score (nSPS) is 16.4. The van der Waals surface area contributed by atoms with Gasteiger partial charge in [0, 0.05) is 31.7 Å². The van der Waals surface area contributed by atoms with E-state index in [1.54, 1.807) is 29.2 Å². The number of nitrogens with one attached hydrogen (secondary N) is 1. The molecule has 1 amide bonds. The molecular weight excluding hydrogens is 290 g/mol. The first-order chi connectivity index (χ1) is 11.2. The number of rotatable bonds is 6. The van der Waals surface area contributed by atoms with Gasteiger partial charge >= 0.3 is 0 Å². The van der Waals surface area contributed by atoms with Gasteiger partial charge in [0.15, 0.2) is 5.82 Å². The molecule has 2 aromatic rings.